The highest BCUT2D eigenvalue weighted by Gasteiger charge is 2.28. The number of thiazole rings is 1. The summed E-state index contributed by atoms with van der Waals surface area (Å²) in [6.07, 6.45) is 7.77. The molecule has 20 heavy (non-hydrogen) atoms. The molecule has 1 unspecified atom stereocenters. The maximum atomic E-state index is 5.89. The van der Waals surface area contributed by atoms with Gasteiger partial charge in [0, 0.05) is 18.5 Å². The summed E-state index contributed by atoms with van der Waals surface area (Å²) in [6.45, 7) is 5.06. The van der Waals surface area contributed by atoms with E-state index >= 15 is 0 Å². The Hall–Kier alpha value is -0.450. The predicted octanol–water partition coefficient (Wildman–Crippen LogP) is 4.07. The molecule has 1 saturated carbocycles. The summed E-state index contributed by atoms with van der Waals surface area (Å²) in [5.74, 6) is 1.25. The van der Waals surface area contributed by atoms with Gasteiger partial charge in [-0.3, -0.25) is 0 Å². The lowest BCUT2D eigenvalue weighted by molar-refractivity contribution is 0.0351. The fourth-order valence-electron chi connectivity index (χ4n) is 3.16. The third-order valence-electron chi connectivity index (χ3n) is 4.16. The molecule has 0 spiro atoms. The summed E-state index contributed by atoms with van der Waals surface area (Å²) >= 11 is 1.77. The van der Waals surface area contributed by atoms with E-state index < -0.39 is 0 Å². The van der Waals surface area contributed by atoms with Crippen molar-refractivity contribution >= 4 is 11.3 Å². The number of nitrogens with two attached hydrogens (primary N) is 1. The fourth-order valence-corrected chi connectivity index (χ4v) is 4.31. The van der Waals surface area contributed by atoms with Crippen molar-refractivity contribution in [3.8, 4) is 0 Å². The molecule has 0 aromatic carbocycles. The molecule has 2 rings (SSSR count). The molecule has 0 saturated heterocycles. The van der Waals surface area contributed by atoms with E-state index in [0.29, 0.717) is 18.4 Å². The van der Waals surface area contributed by atoms with E-state index in [0.717, 1.165) is 11.4 Å². The molecule has 0 amide bonds. The average molecular weight is 296 g/mol. The van der Waals surface area contributed by atoms with E-state index in [-0.39, 0.29) is 6.10 Å². The average Bonchev–Trinajstić information content (AvgIpc) is 2.83. The molecule has 2 N–H and O–H groups in total. The van der Waals surface area contributed by atoms with Crippen molar-refractivity contribution in [3.63, 3.8) is 0 Å². The number of methoxy groups -OCH3 is 1. The minimum Gasteiger partial charge on any atom is -0.374 e. The second-order valence-electron chi connectivity index (χ2n) is 6.28. The first-order chi connectivity index (χ1) is 9.65. The molecular formula is C16H28N2OS. The minimum atomic E-state index is 0.173. The lowest BCUT2D eigenvalue weighted by Crippen LogP contribution is -2.18. The van der Waals surface area contributed by atoms with Crippen LogP contribution in [0.25, 0.3) is 0 Å². The monoisotopic (exact) mass is 296 g/mol. The van der Waals surface area contributed by atoms with Gasteiger partial charge in [-0.2, -0.15) is 0 Å². The molecule has 1 aliphatic rings. The zero-order valence-electron chi connectivity index (χ0n) is 13.0. The molecule has 1 fully saturated rings. The first kappa shape index (κ1) is 15.9. The van der Waals surface area contributed by atoms with Crippen molar-refractivity contribution in [2.75, 3.05) is 7.11 Å². The summed E-state index contributed by atoms with van der Waals surface area (Å²) in [5, 5.41) is 1.15. The summed E-state index contributed by atoms with van der Waals surface area (Å²) in [6, 6.07) is 0. The molecule has 1 heterocycles. The van der Waals surface area contributed by atoms with Crippen molar-refractivity contribution < 1.29 is 4.74 Å². The lowest BCUT2D eigenvalue weighted by Gasteiger charge is -2.27. The number of hydrogen-bond acceptors (Lipinski definition) is 4. The summed E-state index contributed by atoms with van der Waals surface area (Å²) < 4.78 is 5.80. The van der Waals surface area contributed by atoms with Gasteiger partial charge < -0.3 is 10.5 Å². The molecule has 0 bridgehead atoms. The summed E-state index contributed by atoms with van der Waals surface area (Å²) in [5.41, 5.74) is 7.08. The molecule has 1 aromatic rings. The highest BCUT2D eigenvalue weighted by atomic mass is 32.1. The maximum Gasteiger partial charge on any atom is 0.122 e. The van der Waals surface area contributed by atoms with Crippen molar-refractivity contribution in [1.29, 1.82) is 0 Å². The van der Waals surface area contributed by atoms with Crippen molar-refractivity contribution in [2.24, 2.45) is 17.6 Å². The van der Waals surface area contributed by atoms with Crippen LogP contribution in [0.1, 0.15) is 67.6 Å². The van der Waals surface area contributed by atoms with Gasteiger partial charge in [-0.1, -0.05) is 33.1 Å². The Morgan fingerprint density at radius 2 is 2.00 bits per heavy atom. The van der Waals surface area contributed by atoms with Crippen LogP contribution in [0.15, 0.2) is 0 Å². The Morgan fingerprint density at radius 3 is 2.55 bits per heavy atom. The predicted molar refractivity (Wildman–Crippen MR) is 84.9 cm³/mol. The van der Waals surface area contributed by atoms with Crippen LogP contribution in [0.4, 0.5) is 0 Å². The van der Waals surface area contributed by atoms with E-state index in [1.807, 2.05) is 7.11 Å². The molecule has 1 aromatic heterocycles. The van der Waals surface area contributed by atoms with Crippen LogP contribution < -0.4 is 5.73 Å². The summed E-state index contributed by atoms with van der Waals surface area (Å²) in [7, 11) is 1.82. The smallest absolute Gasteiger partial charge is 0.122 e. The standard InChI is InChI=1S/C16H28N2OS/c1-11(2)9-13-14(10-17)20-16(18-13)15(19-3)12-7-5-4-6-8-12/h11-12,15H,4-10,17H2,1-3H3. The van der Waals surface area contributed by atoms with Gasteiger partial charge in [0.1, 0.15) is 11.1 Å². The second-order valence-corrected chi connectivity index (χ2v) is 7.39. The molecule has 1 atom stereocenters. The third-order valence-corrected chi connectivity index (χ3v) is 5.34. The van der Waals surface area contributed by atoms with Gasteiger partial charge in [0.05, 0.1) is 5.69 Å². The molecule has 114 valence electrons. The molecule has 1 aliphatic carbocycles. The number of nitrogens with zero attached hydrogens (tertiary/aromatic N) is 1. The quantitative estimate of drug-likeness (QED) is 0.861. The number of aromatic nitrogens is 1. The zero-order chi connectivity index (χ0) is 14.5. The normalized spacial score (nSPS) is 18.6. The van der Waals surface area contributed by atoms with Crippen LogP contribution in [0, 0.1) is 11.8 Å². The van der Waals surface area contributed by atoms with Crippen LogP contribution in [-0.4, -0.2) is 12.1 Å². The van der Waals surface area contributed by atoms with Crippen molar-refractivity contribution in [1.82, 2.24) is 4.98 Å². The second kappa shape index (κ2) is 7.53. The van der Waals surface area contributed by atoms with E-state index in [1.165, 1.54) is 42.7 Å². The van der Waals surface area contributed by atoms with E-state index in [4.69, 9.17) is 15.5 Å². The van der Waals surface area contributed by atoms with Crippen LogP contribution in [0.5, 0.6) is 0 Å². The molecule has 3 nitrogen and oxygen atoms in total. The molecular weight excluding hydrogens is 268 g/mol. The van der Waals surface area contributed by atoms with Gasteiger partial charge in [0.25, 0.3) is 0 Å². The van der Waals surface area contributed by atoms with Crippen molar-refractivity contribution in [2.45, 2.75) is 65.0 Å². The van der Waals surface area contributed by atoms with E-state index in [9.17, 15) is 0 Å². The van der Waals surface area contributed by atoms with Gasteiger partial charge in [0.2, 0.25) is 0 Å². The molecule has 0 radical (unpaired) electrons. The Kier molecular flexibility index (Phi) is 6.00. The van der Waals surface area contributed by atoms with Gasteiger partial charge >= 0.3 is 0 Å². The van der Waals surface area contributed by atoms with Crippen LogP contribution in [0.2, 0.25) is 0 Å². The SMILES string of the molecule is COC(c1nc(CC(C)C)c(CN)s1)C1CCCCC1. The fraction of sp³-hybridized carbons (Fsp3) is 0.812. The zero-order valence-corrected chi connectivity index (χ0v) is 13.8. The largest absolute Gasteiger partial charge is 0.374 e. The highest BCUT2D eigenvalue weighted by molar-refractivity contribution is 7.11. The Balaban J connectivity index is 2.18. The number of ether oxygens (including phenoxy) is 1. The van der Waals surface area contributed by atoms with Crippen LogP contribution in [-0.2, 0) is 17.7 Å². The van der Waals surface area contributed by atoms with Gasteiger partial charge in [-0.05, 0) is 31.1 Å². The maximum absolute atomic E-state index is 5.89. The number of rotatable bonds is 6. The molecule has 4 heteroatoms. The first-order valence-electron chi connectivity index (χ1n) is 7.87. The topological polar surface area (TPSA) is 48.1 Å². The number of hydrogen-bond donors (Lipinski definition) is 1. The highest BCUT2D eigenvalue weighted by Crippen LogP contribution is 2.38. The lowest BCUT2D eigenvalue weighted by atomic mass is 9.85. The Morgan fingerprint density at radius 1 is 1.30 bits per heavy atom. The Labute approximate surface area is 126 Å². The summed E-state index contributed by atoms with van der Waals surface area (Å²) in [4.78, 5) is 6.12. The third kappa shape index (κ3) is 3.80. The van der Waals surface area contributed by atoms with Crippen LogP contribution >= 0.6 is 11.3 Å². The van der Waals surface area contributed by atoms with Gasteiger partial charge in [-0.25, -0.2) is 4.98 Å². The van der Waals surface area contributed by atoms with Gasteiger partial charge in [0.15, 0.2) is 0 Å². The van der Waals surface area contributed by atoms with E-state index in [2.05, 4.69) is 13.8 Å². The molecule has 0 aliphatic heterocycles. The van der Waals surface area contributed by atoms with E-state index in [1.54, 1.807) is 11.3 Å². The first-order valence-corrected chi connectivity index (χ1v) is 8.68. The van der Waals surface area contributed by atoms with Crippen molar-refractivity contribution in [3.05, 3.63) is 15.6 Å². The van der Waals surface area contributed by atoms with Crippen LogP contribution in [0.3, 0.4) is 0 Å². The van der Waals surface area contributed by atoms with Gasteiger partial charge in [-0.15, -0.1) is 11.3 Å². The Bertz CT molecular complexity index is 411. The minimum absolute atomic E-state index is 0.173.